The van der Waals surface area contributed by atoms with Gasteiger partial charge in [0.05, 0.1) is 6.61 Å². The number of rotatable bonds is 15. The van der Waals surface area contributed by atoms with Gasteiger partial charge in [-0.1, -0.05) is 127 Å². The Morgan fingerprint density at radius 3 is 1.51 bits per heavy atom. The van der Waals surface area contributed by atoms with Crippen molar-refractivity contribution in [3.8, 4) is 11.5 Å². The standard InChI is InChI=1S/C39H37NO5/c1-2-43-38(42)39(30-41,40(26-31-15-7-3-8-16-31)27-32-17-9-4-10-18-32)35-23-24-36(44-28-33-19-11-5-12-20-33)37(25-35)45-29-34-21-13-6-14-22-34/h3-25,30H,2,26-29H2,1H3. The third kappa shape index (κ3) is 7.85. The van der Waals surface area contributed by atoms with Crippen LogP contribution >= 0.6 is 0 Å². The molecule has 228 valence electrons. The first-order valence-electron chi connectivity index (χ1n) is 15.1. The molecule has 0 bridgehead atoms. The van der Waals surface area contributed by atoms with Gasteiger partial charge in [0.2, 0.25) is 5.54 Å². The maximum Gasteiger partial charge on any atom is 0.338 e. The van der Waals surface area contributed by atoms with Crippen LogP contribution in [0.15, 0.2) is 140 Å². The Morgan fingerprint density at radius 1 is 0.622 bits per heavy atom. The van der Waals surface area contributed by atoms with Crippen molar-refractivity contribution in [3.05, 3.63) is 167 Å². The fourth-order valence-corrected chi connectivity index (χ4v) is 5.22. The molecule has 0 aliphatic rings. The van der Waals surface area contributed by atoms with Gasteiger partial charge in [-0.2, -0.15) is 0 Å². The van der Waals surface area contributed by atoms with E-state index in [1.807, 2.05) is 126 Å². The summed E-state index contributed by atoms with van der Waals surface area (Å²) in [5.41, 5.74) is 2.53. The number of nitrogens with zero attached hydrogens (tertiary/aromatic N) is 1. The second kappa shape index (κ2) is 15.5. The molecule has 0 aliphatic heterocycles. The summed E-state index contributed by atoms with van der Waals surface area (Å²) in [4.78, 5) is 29.3. The summed E-state index contributed by atoms with van der Waals surface area (Å²) < 4.78 is 18.2. The zero-order valence-electron chi connectivity index (χ0n) is 25.4. The van der Waals surface area contributed by atoms with E-state index < -0.39 is 11.5 Å². The molecule has 0 aromatic heterocycles. The number of benzene rings is 5. The highest BCUT2D eigenvalue weighted by atomic mass is 16.5. The second-order valence-corrected chi connectivity index (χ2v) is 10.6. The van der Waals surface area contributed by atoms with Gasteiger partial charge in [-0.25, -0.2) is 4.79 Å². The van der Waals surface area contributed by atoms with E-state index in [1.54, 1.807) is 25.1 Å². The average molecular weight is 600 g/mol. The van der Waals surface area contributed by atoms with Gasteiger partial charge in [0, 0.05) is 13.1 Å². The van der Waals surface area contributed by atoms with E-state index >= 15 is 0 Å². The van der Waals surface area contributed by atoms with Crippen LogP contribution in [-0.2, 0) is 46.2 Å². The highest BCUT2D eigenvalue weighted by molar-refractivity contribution is 5.99. The molecular formula is C39H37NO5. The second-order valence-electron chi connectivity index (χ2n) is 10.6. The van der Waals surface area contributed by atoms with Gasteiger partial charge in [0.25, 0.3) is 0 Å². The Labute approximate surface area is 264 Å². The molecule has 0 amide bonds. The van der Waals surface area contributed by atoms with Gasteiger partial charge in [-0.15, -0.1) is 0 Å². The first-order chi connectivity index (χ1) is 22.1. The molecule has 6 nitrogen and oxygen atoms in total. The maximum absolute atomic E-state index is 14.0. The zero-order valence-corrected chi connectivity index (χ0v) is 25.4. The van der Waals surface area contributed by atoms with Crippen LogP contribution in [0.2, 0.25) is 0 Å². The number of ether oxygens (including phenoxy) is 3. The summed E-state index contributed by atoms with van der Waals surface area (Å²) in [7, 11) is 0. The maximum atomic E-state index is 14.0. The Kier molecular flexibility index (Phi) is 10.8. The molecule has 1 unspecified atom stereocenters. The third-order valence-electron chi connectivity index (χ3n) is 7.55. The fourth-order valence-electron chi connectivity index (χ4n) is 5.22. The molecule has 5 rings (SSSR count). The summed E-state index contributed by atoms with van der Waals surface area (Å²) in [5.74, 6) is 0.265. The van der Waals surface area contributed by atoms with Crippen molar-refractivity contribution in [2.24, 2.45) is 0 Å². The van der Waals surface area contributed by atoms with Crippen molar-refractivity contribution >= 4 is 12.3 Å². The number of hydrogen-bond acceptors (Lipinski definition) is 6. The first kappa shape index (κ1) is 31.2. The molecular weight excluding hydrogens is 562 g/mol. The van der Waals surface area contributed by atoms with Gasteiger partial charge in [-0.05, 0) is 46.9 Å². The molecule has 1 atom stereocenters. The van der Waals surface area contributed by atoms with Crippen molar-refractivity contribution in [1.82, 2.24) is 4.90 Å². The van der Waals surface area contributed by atoms with Crippen LogP contribution in [0.1, 0.15) is 34.7 Å². The van der Waals surface area contributed by atoms with Crippen molar-refractivity contribution in [1.29, 1.82) is 0 Å². The summed E-state index contributed by atoms with van der Waals surface area (Å²) in [6, 6.07) is 44.5. The Bertz CT molecular complexity index is 1600. The van der Waals surface area contributed by atoms with Gasteiger partial charge >= 0.3 is 5.97 Å². The lowest BCUT2D eigenvalue weighted by atomic mass is 9.87. The van der Waals surface area contributed by atoms with Crippen LogP contribution in [-0.4, -0.2) is 23.8 Å². The van der Waals surface area contributed by atoms with Gasteiger partial charge < -0.3 is 19.0 Å². The molecule has 5 aromatic rings. The average Bonchev–Trinajstić information content (AvgIpc) is 3.09. The Balaban J connectivity index is 1.59. The van der Waals surface area contributed by atoms with E-state index in [4.69, 9.17) is 14.2 Å². The van der Waals surface area contributed by atoms with Crippen molar-refractivity contribution in [2.75, 3.05) is 6.61 Å². The molecule has 0 saturated carbocycles. The molecule has 0 radical (unpaired) electrons. The smallest absolute Gasteiger partial charge is 0.338 e. The summed E-state index contributed by atoms with van der Waals surface area (Å²) >= 11 is 0. The van der Waals surface area contributed by atoms with Crippen LogP contribution in [0.3, 0.4) is 0 Å². The van der Waals surface area contributed by atoms with E-state index in [0.29, 0.717) is 43.0 Å². The Hall–Kier alpha value is -5.20. The van der Waals surface area contributed by atoms with E-state index in [2.05, 4.69) is 0 Å². The Morgan fingerprint density at radius 2 is 1.07 bits per heavy atom. The molecule has 0 fully saturated rings. The van der Waals surface area contributed by atoms with Gasteiger partial charge in [-0.3, -0.25) is 4.90 Å². The van der Waals surface area contributed by atoms with Crippen LogP contribution in [0.5, 0.6) is 11.5 Å². The lowest BCUT2D eigenvalue weighted by Crippen LogP contribution is -2.53. The molecule has 6 heteroatoms. The van der Waals surface area contributed by atoms with Crippen molar-refractivity contribution in [2.45, 2.75) is 38.8 Å². The molecule has 0 saturated heterocycles. The first-order valence-corrected chi connectivity index (χ1v) is 15.1. The number of carbonyl (C=O) groups excluding carboxylic acids is 2. The highest BCUT2D eigenvalue weighted by Crippen LogP contribution is 2.38. The predicted molar refractivity (Wildman–Crippen MR) is 174 cm³/mol. The van der Waals surface area contributed by atoms with Gasteiger partial charge in [0.1, 0.15) is 13.2 Å². The van der Waals surface area contributed by atoms with Crippen LogP contribution in [0.25, 0.3) is 0 Å². The molecule has 5 aromatic carbocycles. The molecule has 0 aliphatic carbocycles. The largest absolute Gasteiger partial charge is 0.485 e. The normalized spacial score (nSPS) is 12.2. The van der Waals surface area contributed by atoms with Gasteiger partial charge in [0.15, 0.2) is 17.8 Å². The van der Waals surface area contributed by atoms with Crippen LogP contribution in [0, 0.1) is 0 Å². The van der Waals surface area contributed by atoms with E-state index in [-0.39, 0.29) is 13.2 Å². The SMILES string of the molecule is CCOC(=O)C(C=O)(c1ccc(OCc2ccccc2)c(OCc2ccccc2)c1)N(Cc1ccccc1)Cc1ccccc1. The summed E-state index contributed by atoms with van der Waals surface area (Å²) in [6.45, 7) is 3.10. The molecule has 0 heterocycles. The van der Waals surface area contributed by atoms with Crippen molar-refractivity contribution in [3.63, 3.8) is 0 Å². The minimum absolute atomic E-state index is 0.120. The highest BCUT2D eigenvalue weighted by Gasteiger charge is 2.48. The minimum atomic E-state index is -1.77. The zero-order chi connectivity index (χ0) is 31.3. The van der Waals surface area contributed by atoms with E-state index in [1.165, 1.54) is 0 Å². The number of carbonyl (C=O) groups is 2. The van der Waals surface area contributed by atoms with E-state index in [9.17, 15) is 9.59 Å². The summed E-state index contributed by atoms with van der Waals surface area (Å²) in [6.07, 6.45) is 0.692. The van der Waals surface area contributed by atoms with E-state index in [0.717, 1.165) is 22.3 Å². The number of aldehydes is 1. The lowest BCUT2D eigenvalue weighted by molar-refractivity contribution is -0.161. The predicted octanol–water partition coefficient (Wildman–Crippen LogP) is 7.50. The topological polar surface area (TPSA) is 65.1 Å². The molecule has 45 heavy (non-hydrogen) atoms. The number of esters is 1. The molecule has 0 N–H and O–H groups in total. The lowest BCUT2D eigenvalue weighted by Gasteiger charge is -2.38. The number of hydrogen-bond donors (Lipinski definition) is 0. The molecule has 0 spiro atoms. The third-order valence-corrected chi connectivity index (χ3v) is 7.55. The van der Waals surface area contributed by atoms with Crippen molar-refractivity contribution < 1.29 is 23.8 Å². The fraction of sp³-hybridized carbons (Fsp3) is 0.179. The summed E-state index contributed by atoms with van der Waals surface area (Å²) in [5, 5.41) is 0. The minimum Gasteiger partial charge on any atom is -0.485 e. The van der Waals surface area contributed by atoms with Crippen LogP contribution < -0.4 is 9.47 Å². The monoisotopic (exact) mass is 599 g/mol. The van der Waals surface area contributed by atoms with Crippen LogP contribution in [0.4, 0.5) is 0 Å². The quantitative estimate of drug-likeness (QED) is 0.0705.